The molecule has 0 saturated carbocycles. The Morgan fingerprint density at radius 2 is 1.85 bits per heavy atom. The molecule has 1 saturated heterocycles. The fourth-order valence-electron chi connectivity index (χ4n) is 2.22. The first-order chi connectivity index (χ1) is 9.37. The van der Waals surface area contributed by atoms with Crippen LogP contribution in [0.3, 0.4) is 0 Å². The molecule has 2 rings (SSSR count). The number of hydrogen-bond acceptors (Lipinski definition) is 5. The molecule has 0 bridgehead atoms. The lowest BCUT2D eigenvalue weighted by atomic mass is 10.2. The summed E-state index contributed by atoms with van der Waals surface area (Å²) < 4.78 is 49.6. The van der Waals surface area contributed by atoms with E-state index in [9.17, 15) is 16.8 Å². The van der Waals surface area contributed by atoms with Gasteiger partial charge in [0.1, 0.15) is 0 Å². The molecule has 1 aromatic rings. The van der Waals surface area contributed by atoms with Gasteiger partial charge in [-0.15, -0.1) is 0 Å². The molecule has 1 fully saturated rings. The van der Waals surface area contributed by atoms with E-state index in [1.54, 1.807) is 18.2 Å². The van der Waals surface area contributed by atoms with E-state index in [1.165, 1.54) is 10.4 Å². The van der Waals surface area contributed by atoms with E-state index in [-0.39, 0.29) is 36.0 Å². The second-order valence-corrected chi connectivity index (χ2v) is 8.93. The lowest BCUT2D eigenvalue weighted by Gasteiger charge is -2.20. The number of rotatable bonds is 3. The van der Waals surface area contributed by atoms with E-state index in [0.717, 1.165) is 0 Å². The molecule has 0 spiro atoms. The minimum atomic E-state index is -3.69. The molecular formula is C12H18N2O4S2. The van der Waals surface area contributed by atoms with Crippen molar-refractivity contribution in [1.82, 2.24) is 4.31 Å². The molecular weight excluding hydrogens is 300 g/mol. The van der Waals surface area contributed by atoms with E-state index in [2.05, 4.69) is 0 Å². The summed E-state index contributed by atoms with van der Waals surface area (Å²) in [5.41, 5.74) is 6.11. The van der Waals surface area contributed by atoms with Crippen LogP contribution in [0.4, 0.5) is 0 Å². The Bertz CT molecular complexity index is 683. The third-order valence-corrected chi connectivity index (χ3v) is 7.04. The SMILES string of the molecule is NCc1ccccc1S(=O)(=O)N1CCCS(=O)(=O)CC1. The van der Waals surface area contributed by atoms with Crippen LogP contribution in [-0.2, 0) is 26.4 Å². The summed E-state index contributed by atoms with van der Waals surface area (Å²) in [6, 6.07) is 6.55. The largest absolute Gasteiger partial charge is 0.326 e. The van der Waals surface area contributed by atoms with Crippen LogP contribution in [0.25, 0.3) is 0 Å². The molecule has 1 aliphatic heterocycles. The lowest BCUT2D eigenvalue weighted by molar-refractivity contribution is 0.434. The van der Waals surface area contributed by atoms with Crippen molar-refractivity contribution in [2.24, 2.45) is 5.73 Å². The van der Waals surface area contributed by atoms with Crippen molar-refractivity contribution in [3.8, 4) is 0 Å². The highest BCUT2D eigenvalue weighted by molar-refractivity contribution is 7.91. The van der Waals surface area contributed by atoms with Crippen molar-refractivity contribution in [1.29, 1.82) is 0 Å². The summed E-state index contributed by atoms with van der Waals surface area (Å²) in [6.07, 6.45) is 0.326. The molecule has 6 nitrogen and oxygen atoms in total. The Morgan fingerprint density at radius 3 is 2.55 bits per heavy atom. The van der Waals surface area contributed by atoms with Gasteiger partial charge in [-0.25, -0.2) is 16.8 Å². The fourth-order valence-corrected chi connectivity index (χ4v) is 5.32. The summed E-state index contributed by atoms with van der Waals surface area (Å²) in [6.45, 7) is 0.353. The molecule has 20 heavy (non-hydrogen) atoms. The van der Waals surface area contributed by atoms with Gasteiger partial charge < -0.3 is 5.73 Å². The van der Waals surface area contributed by atoms with Crippen LogP contribution in [0.15, 0.2) is 29.2 Å². The quantitative estimate of drug-likeness (QED) is 0.843. The van der Waals surface area contributed by atoms with E-state index in [4.69, 9.17) is 5.73 Å². The Hall–Kier alpha value is -0.960. The summed E-state index contributed by atoms with van der Waals surface area (Å²) in [5.74, 6) is -0.0887. The van der Waals surface area contributed by atoms with Crippen LogP contribution >= 0.6 is 0 Å². The average molecular weight is 318 g/mol. The van der Waals surface area contributed by atoms with Crippen molar-refractivity contribution in [3.63, 3.8) is 0 Å². The Balaban J connectivity index is 2.35. The number of nitrogens with zero attached hydrogens (tertiary/aromatic N) is 1. The Kier molecular flexibility index (Phi) is 4.48. The topological polar surface area (TPSA) is 97.5 Å². The van der Waals surface area contributed by atoms with E-state index in [1.807, 2.05) is 0 Å². The van der Waals surface area contributed by atoms with Crippen molar-refractivity contribution in [2.75, 3.05) is 24.6 Å². The smallest absolute Gasteiger partial charge is 0.243 e. The highest BCUT2D eigenvalue weighted by Gasteiger charge is 2.30. The molecule has 1 aromatic carbocycles. The molecule has 0 radical (unpaired) electrons. The highest BCUT2D eigenvalue weighted by Crippen LogP contribution is 2.21. The van der Waals surface area contributed by atoms with Gasteiger partial charge in [0.05, 0.1) is 16.4 Å². The maximum Gasteiger partial charge on any atom is 0.243 e. The maximum absolute atomic E-state index is 12.6. The maximum atomic E-state index is 12.6. The molecule has 1 aliphatic rings. The summed E-state index contributed by atoms with van der Waals surface area (Å²) >= 11 is 0. The van der Waals surface area contributed by atoms with Crippen LogP contribution in [0.5, 0.6) is 0 Å². The lowest BCUT2D eigenvalue weighted by Crippen LogP contribution is -2.34. The molecule has 2 N–H and O–H groups in total. The molecule has 0 amide bonds. The van der Waals surface area contributed by atoms with Gasteiger partial charge >= 0.3 is 0 Å². The first kappa shape index (κ1) is 15.4. The van der Waals surface area contributed by atoms with Crippen LogP contribution in [0.2, 0.25) is 0 Å². The number of sulfonamides is 1. The highest BCUT2D eigenvalue weighted by atomic mass is 32.2. The summed E-state index contributed by atoms with van der Waals surface area (Å²) in [5, 5.41) is 0. The standard InChI is InChI=1S/C12H18N2O4S2/c13-10-11-4-1-2-5-12(11)20(17,18)14-6-3-8-19(15,16)9-7-14/h1-2,4-5H,3,6-10,13H2. The fraction of sp³-hybridized carbons (Fsp3) is 0.500. The Morgan fingerprint density at radius 1 is 1.15 bits per heavy atom. The van der Waals surface area contributed by atoms with Crippen LogP contribution < -0.4 is 5.73 Å². The van der Waals surface area contributed by atoms with Crippen molar-refractivity contribution in [2.45, 2.75) is 17.9 Å². The van der Waals surface area contributed by atoms with Crippen molar-refractivity contribution >= 4 is 19.9 Å². The van der Waals surface area contributed by atoms with Crippen molar-refractivity contribution in [3.05, 3.63) is 29.8 Å². The molecule has 0 aliphatic carbocycles. The zero-order valence-electron chi connectivity index (χ0n) is 11.0. The first-order valence-corrected chi connectivity index (χ1v) is 9.61. The first-order valence-electron chi connectivity index (χ1n) is 6.35. The number of nitrogens with two attached hydrogens (primary N) is 1. The minimum Gasteiger partial charge on any atom is -0.326 e. The monoisotopic (exact) mass is 318 g/mol. The van der Waals surface area contributed by atoms with Gasteiger partial charge in [-0.1, -0.05) is 18.2 Å². The molecule has 112 valence electrons. The molecule has 8 heteroatoms. The van der Waals surface area contributed by atoms with E-state index < -0.39 is 19.9 Å². The number of sulfone groups is 1. The normalized spacial score (nSPS) is 20.4. The second kappa shape index (κ2) is 5.80. The minimum absolute atomic E-state index is 0.00354. The van der Waals surface area contributed by atoms with Crippen LogP contribution in [0, 0.1) is 0 Å². The van der Waals surface area contributed by atoms with Crippen LogP contribution in [-0.4, -0.2) is 45.7 Å². The third kappa shape index (κ3) is 3.20. The van der Waals surface area contributed by atoms with Gasteiger partial charge in [0, 0.05) is 19.6 Å². The van der Waals surface area contributed by atoms with Gasteiger partial charge in [-0.3, -0.25) is 0 Å². The zero-order valence-corrected chi connectivity index (χ0v) is 12.7. The van der Waals surface area contributed by atoms with Gasteiger partial charge in [0.15, 0.2) is 9.84 Å². The number of hydrogen-bond donors (Lipinski definition) is 1. The zero-order chi connectivity index (χ0) is 14.8. The second-order valence-electron chi connectivity index (χ2n) is 4.72. The van der Waals surface area contributed by atoms with Gasteiger partial charge in [-0.05, 0) is 18.1 Å². The summed E-state index contributed by atoms with van der Waals surface area (Å²) in [4.78, 5) is 0.168. The summed E-state index contributed by atoms with van der Waals surface area (Å²) in [7, 11) is -6.83. The molecule has 0 aromatic heterocycles. The molecule has 0 unspecified atom stereocenters. The van der Waals surface area contributed by atoms with E-state index in [0.29, 0.717) is 12.0 Å². The van der Waals surface area contributed by atoms with E-state index >= 15 is 0 Å². The molecule has 0 atom stereocenters. The average Bonchev–Trinajstić information content (AvgIpc) is 2.60. The van der Waals surface area contributed by atoms with Crippen molar-refractivity contribution < 1.29 is 16.8 Å². The number of benzene rings is 1. The molecule has 1 heterocycles. The van der Waals surface area contributed by atoms with Crippen LogP contribution in [0.1, 0.15) is 12.0 Å². The predicted molar refractivity (Wildman–Crippen MR) is 76.4 cm³/mol. The van der Waals surface area contributed by atoms with Gasteiger partial charge in [0.2, 0.25) is 10.0 Å². The third-order valence-electron chi connectivity index (χ3n) is 3.32. The van der Waals surface area contributed by atoms with Gasteiger partial charge in [-0.2, -0.15) is 4.31 Å². The predicted octanol–water partition coefficient (Wildman–Crippen LogP) is -0.0455. The Labute approximate surface area is 119 Å². The van der Waals surface area contributed by atoms with Gasteiger partial charge in [0.25, 0.3) is 0 Å².